The minimum absolute atomic E-state index is 0.0649. The molecule has 0 unspecified atom stereocenters. The van der Waals surface area contributed by atoms with E-state index < -0.39 is 12.1 Å². The predicted molar refractivity (Wildman–Crippen MR) is 113 cm³/mol. The highest BCUT2D eigenvalue weighted by molar-refractivity contribution is 7.98. The van der Waals surface area contributed by atoms with E-state index in [-0.39, 0.29) is 29.5 Å². The standard InChI is InChI=1S/C20H29FN4O3S/c1-13(18(26)24-16-5-3-15(21)4-6-16)23-19(27)14-7-10-25(11-8-14)20(28)17(22)9-12-29-2/h3-6,13-14,17H,7-12,22H2,1-2H3,(H,23,27)(H,24,26)/t13-,17-/m0/s1. The number of thioether (sulfide) groups is 1. The highest BCUT2D eigenvalue weighted by atomic mass is 32.2. The zero-order valence-corrected chi connectivity index (χ0v) is 17.6. The number of piperidine rings is 1. The molecule has 1 aliphatic heterocycles. The van der Waals surface area contributed by atoms with Crippen LogP contribution in [0.25, 0.3) is 0 Å². The summed E-state index contributed by atoms with van der Waals surface area (Å²) >= 11 is 1.65. The van der Waals surface area contributed by atoms with Crippen LogP contribution in [0.3, 0.4) is 0 Å². The number of anilines is 1. The molecule has 1 fully saturated rings. The average molecular weight is 425 g/mol. The minimum atomic E-state index is -0.729. The lowest BCUT2D eigenvalue weighted by Gasteiger charge is -2.33. The van der Waals surface area contributed by atoms with Crippen LogP contribution >= 0.6 is 11.8 Å². The van der Waals surface area contributed by atoms with Crippen molar-refractivity contribution in [3.8, 4) is 0 Å². The van der Waals surface area contributed by atoms with Gasteiger partial charge in [0.15, 0.2) is 0 Å². The normalized spacial score (nSPS) is 16.8. The lowest BCUT2D eigenvalue weighted by Crippen LogP contribution is -2.50. The van der Waals surface area contributed by atoms with E-state index in [9.17, 15) is 18.8 Å². The van der Waals surface area contributed by atoms with Gasteiger partial charge in [-0.25, -0.2) is 4.39 Å². The number of hydrogen-bond acceptors (Lipinski definition) is 5. The molecular formula is C20H29FN4O3S. The van der Waals surface area contributed by atoms with Gasteiger partial charge in [-0.2, -0.15) is 11.8 Å². The molecule has 4 N–H and O–H groups in total. The topological polar surface area (TPSA) is 105 Å². The number of carbonyl (C=O) groups excluding carboxylic acids is 3. The van der Waals surface area contributed by atoms with E-state index >= 15 is 0 Å². The summed E-state index contributed by atoms with van der Waals surface area (Å²) in [6, 6.07) is 4.19. The molecule has 160 valence electrons. The zero-order chi connectivity index (χ0) is 21.4. The Balaban J connectivity index is 1.77. The van der Waals surface area contributed by atoms with Crippen LogP contribution in [0.5, 0.6) is 0 Å². The molecule has 1 aromatic rings. The molecule has 3 amide bonds. The summed E-state index contributed by atoms with van der Waals surface area (Å²) in [6.07, 6.45) is 3.70. The van der Waals surface area contributed by atoms with Crippen LogP contribution in [0.4, 0.5) is 10.1 Å². The second-order valence-electron chi connectivity index (χ2n) is 7.21. The quantitative estimate of drug-likeness (QED) is 0.588. The van der Waals surface area contributed by atoms with Crippen molar-refractivity contribution in [3.63, 3.8) is 0 Å². The molecule has 0 saturated carbocycles. The monoisotopic (exact) mass is 424 g/mol. The molecule has 1 aliphatic rings. The number of halogens is 1. The highest BCUT2D eigenvalue weighted by Crippen LogP contribution is 2.19. The smallest absolute Gasteiger partial charge is 0.246 e. The Morgan fingerprint density at radius 2 is 1.86 bits per heavy atom. The Bertz CT molecular complexity index is 708. The van der Waals surface area contributed by atoms with Gasteiger partial charge in [0.05, 0.1) is 6.04 Å². The number of nitrogens with one attached hydrogen (secondary N) is 2. The number of hydrogen-bond donors (Lipinski definition) is 3. The molecule has 9 heteroatoms. The summed E-state index contributed by atoms with van der Waals surface area (Å²) in [4.78, 5) is 38.8. The van der Waals surface area contributed by atoms with Gasteiger partial charge in [-0.1, -0.05) is 0 Å². The van der Waals surface area contributed by atoms with Crippen LogP contribution in [0.1, 0.15) is 26.2 Å². The SMILES string of the molecule is CSCC[C@H](N)C(=O)N1CCC(C(=O)N[C@@H](C)C(=O)Nc2ccc(F)cc2)CC1. The van der Waals surface area contributed by atoms with Gasteiger partial charge in [-0.05, 0) is 62.5 Å². The number of benzene rings is 1. The van der Waals surface area contributed by atoms with Crippen LogP contribution < -0.4 is 16.4 Å². The number of amides is 3. The molecule has 2 rings (SSSR count). The maximum Gasteiger partial charge on any atom is 0.246 e. The first kappa shape index (κ1) is 23.2. The van der Waals surface area contributed by atoms with E-state index in [0.717, 1.165) is 5.75 Å². The first-order chi connectivity index (χ1) is 13.8. The van der Waals surface area contributed by atoms with E-state index in [0.29, 0.717) is 38.0 Å². The maximum absolute atomic E-state index is 12.9. The number of likely N-dealkylation sites (tertiary alicyclic amines) is 1. The minimum Gasteiger partial charge on any atom is -0.344 e. The summed E-state index contributed by atoms with van der Waals surface area (Å²) in [6.45, 7) is 2.57. The lowest BCUT2D eigenvalue weighted by atomic mass is 9.95. The number of nitrogens with two attached hydrogens (primary N) is 1. The van der Waals surface area contributed by atoms with Gasteiger partial charge in [-0.15, -0.1) is 0 Å². The van der Waals surface area contributed by atoms with Crippen molar-refractivity contribution in [2.24, 2.45) is 11.7 Å². The van der Waals surface area contributed by atoms with E-state index in [2.05, 4.69) is 10.6 Å². The van der Waals surface area contributed by atoms with Crippen molar-refractivity contribution in [1.82, 2.24) is 10.2 Å². The average Bonchev–Trinajstić information content (AvgIpc) is 2.73. The molecule has 0 bridgehead atoms. The third-order valence-corrected chi connectivity index (χ3v) is 5.64. The third-order valence-electron chi connectivity index (χ3n) is 4.99. The van der Waals surface area contributed by atoms with Gasteiger partial charge >= 0.3 is 0 Å². The fourth-order valence-corrected chi connectivity index (χ4v) is 3.64. The second kappa shape index (κ2) is 11.2. The fraction of sp³-hybridized carbons (Fsp3) is 0.550. The molecule has 1 aromatic carbocycles. The molecule has 0 spiro atoms. The van der Waals surface area contributed by atoms with Crippen molar-refractivity contribution >= 4 is 35.2 Å². The molecule has 1 heterocycles. The molecule has 2 atom stereocenters. The molecule has 29 heavy (non-hydrogen) atoms. The van der Waals surface area contributed by atoms with Gasteiger partial charge in [-0.3, -0.25) is 14.4 Å². The van der Waals surface area contributed by atoms with Crippen LogP contribution in [0.2, 0.25) is 0 Å². The van der Waals surface area contributed by atoms with Crippen molar-refractivity contribution < 1.29 is 18.8 Å². The fourth-order valence-electron chi connectivity index (χ4n) is 3.15. The Morgan fingerprint density at radius 3 is 2.45 bits per heavy atom. The van der Waals surface area contributed by atoms with Crippen LogP contribution in [-0.4, -0.2) is 59.8 Å². The summed E-state index contributed by atoms with van der Waals surface area (Å²) < 4.78 is 12.9. The molecular weight excluding hydrogens is 395 g/mol. The largest absolute Gasteiger partial charge is 0.344 e. The molecule has 0 aromatic heterocycles. The van der Waals surface area contributed by atoms with Crippen LogP contribution in [0.15, 0.2) is 24.3 Å². The molecule has 1 saturated heterocycles. The molecule has 0 radical (unpaired) electrons. The first-order valence-electron chi connectivity index (χ1n) is 9.72. The predicted octanol–water partition coefficient (Wildman–Crippen LogP) is 1.59. The summed E-state index contributed by atoms with van der Waals surface area (Å²) in [5, 5.41) is 5.36. The van der Waals surface area contributed by atoms with Crippen molar-refractivity contribution in [3.05, 3.63) is 30.1 Å². The van der Waals surface area contributed by atoms with Gasteiger partial charge in [0.25, 0.3) is 0 Å². The number of rotatable bonds is 8. The number of nitrogens with zero attached hydrogens (tertiary/aromatic N) is 1. The maximum atomic E-state index is 12.9. The van der Waals surface area contributed by atoms with Crippen LogP contribution in [-0.2, 0) is 14.4 Å². The van der Waals surface area contributed by atoms with Crippen molar-refractivity contribution in [2.45, 2.75) is 38.3 Å². The van der Waals surface area contributed by atoms with Gasteiger partial charge < -0.3 is 21.3 Å². The van der Waals surface area contributed by atoms with Crippen molar-refractivity contribution in [1.29, 1.82) is 0 Å². The van der Waals surface area contributed by atoms with Crippen molar-refractivity contribution in [2.75, 3.05) is 30.4 Å². The first-order valence-corrected chi connectivity index (χ1v) is 11.1. The third kappa shape index (κ3) is 7.01. The van der Waals surface area contributed by atoms with E-state index in [1.54, 1.807) is 23.6 Å². The van der Waals surface area contributed by atoms with Gasteiger partial charge in [0, 0.05) is 24.7 Å². The Hall–Kier alpha value is -2.13. The Morgan fingerprint density at radius 1 is 1.24 bits per heavy atom. The van der Waals surface area contributed by atoms with E-state index in [1.165, 1.54) is 24.3 Å². The Labute approximate surface area is 175 Å². The number of carbonyl (C=O) groups is 3. The van der Waals surface area contributed by atoms with Gasteiger partial charge in [0.1, 0.15) is 11.9 Å². The summed E-state index contributed by atoms with van der Waals surface area (Å²) in [5.74, 6) is -0.446. The zero-order valence-electron chi connectivity index (χ0n) is 16.8. The molecule has 0 aliphatic carbocycles. The molecule has 7 nitrogen and oxygen atoms in total. The summed E-state index contributed by atoms with van der Waals surface area (Å²) in [5.41, 5.74) is 6.41. The summed E-state index contributed by atoms with van der Waals surface area (Å²) in [7, 11) is 0. The lowest BCUT2D eigenvalue weighted by molar-refractivity contribution is -0.137. The van der Waals surface area contributed by atoms with Crippen LogP contribution in [0, 0.1) is 11.7 Å². The van der Waals surface area contributed by atoms with E-state index in [1.807, 2.05) is 6.26 Å². The van der Waals surface area contributed by atoms with E-state index in [4.69, 9.17) is 5.73 Å². The van der Waals surface area contributed by atoms with Gasteiger partial charge in [0.2, 0.25) is 17.7 Å². The second-order valence-corrected chi connectivity index (χ2v) is 8.20. The Kier molecular flexibility index (Phi) is 8.91. The highest BCUT2D eigenvalue weighted by Gasteiger charge is 2.30.